The molecule has 0 spiro atoms. The molecule has 0 saturated heterocycles. The molecule has 2 aromatic rings. The van der Waals surface area contributed by atoms with Crippen molar-refractivity contribution in [3.8, 4) is 0 Å². The number of benzene rings is 1. The van der Waals surface area contributed by atoms with E-state index in [1.165, 1.54) is 6.07 Å². The molecule has 0 N–H and O–H groups in total. The van der Waals surface area contributed by atoms with E-state index in [1.54, 1.807) is 24.5 Å². The van der Waals surface area contributed by atoms with Gasteiger partial charge in [0, 0.05) is 26.0 Å². The van der Waals surface area contributed by atoms with Crippen LogP contribution >= 0.6 is 0 Å². The molecule has 2 rings (SSSR count). The molecule has 0 radical (unpaired) electrons. The molecule has 1 aromatic carbocycles. The quantitative estimate of drug-likeness (QED) is 0.843. The number of anilines is 1. The van der Waals surface area contributed by atoms with Crippen molar-refractivity contribution in [2.24, 2.45) is 0 Å². The van der Waals surface area contributed by atoms with Crippen molar-refractivity contribution in [3.05, 3.63) is 53.7 Å². The van der Waals surface area contributed by atoms with Crippen molar-refractivity contribution in [2.45, 2.75) is 26.3 Å². The maximum Gasteiger partial charge on any atom is 0.150 e. The number of nitrogens with zero attached hydrogens (tertiary/aromatic N) is 3. The summed E-state index contributed by atoms with van der Waals surface area (Å²) in [5, 5.41) is 0. The highest BCUT2D eigenvalue weighted by molar-refractivity contribution is 5.44. The van der Waals surface area contributed by atoms with E-state index >= 15 is 0 Å². The number of hydrogen-bond donors (Lipinski definition) is 0. The zero-order valence-corrected chi connectivity index (χ0v) is 11.5. The van der Waals surface area contributed by atoms with Crippen LogP contribution in [0, 0.1) is 5.82 Å². The second-order valence-corrected chi connectivity index (χ2v) is 4.91. The number of halogens is 1. The van der Waals surface area contributed by atoms with Crippen LogP contribution < -0.4 is 4.90 Å². The maximum absolute atomic E-state index is 13.2. The summed E-state index contributed by atoms with van der Waals surface area (Å²) in [5.74, 6) is 0.939. The zero-order chi connectivity index (χ0) is 13.8. The summed E-state index contributed by atoms with van der Waals surface area (Å²) in [6.45, 7) is 4.78. The first-order chi connectivity index (χ1) is 9.08. The summed E-state index contributed by atoms with van der Waals surface area (Å²) in [6, 6.07) is 6.62. The normalized spacial score (nSPS) is 10.8. The number of aromatic nitrogens is 2. The van der Waals surface area contributed by atoms with E-state index in [1.807, 2.05) is 18.0 Å². The average Bonchev–Trinajstić information content (AvgIpc) is 2.38. The molecule has 0 aliphatic rings. The Morgan fingerprint density at radius 1 is 1.21 bits per heavy atom. The minimum Gasteiger partial charge on any atom is -0.354 e. The Hall–Kier alpha value is -1.97. The molecule has 0 aliphatic heterocycles. The lowest BCUT2D eigenvalue weighted by Crippen LogP contribution is -2.20. The van der Waals surface area contributed by atoms with Crippen LogP contribution in [-0.2, 0) is 6.54 Å². The molecule has 0 unspecified atom stereocenters. The van der Waals surface area contributed by atoms with E-state index in [0.717, 1.165) is 17.1 Å². The van der Waals surface area contributed by atoms with Gasteiger partial charge in [0.15, 0.2) is 5.82 Å². The Kier molecular flexibility index (Phi) is 4.10. The van der Waals surface area contributed by atoms with Crippen LogP contribution in [0.1, 0.15) is 31.0 Å². The minimum atomic E-state index is -0.214. The van der Waals surface area contributed by atoms with Crippen LogP contribution in [0.3, 0.4) is 0 Å². The topological polar surface area (TPSA) is 29.0 Å². The van der Waals surface area contributed by atoms with Crippen LogP contribution in [0.4, 0.5) is 10.2 Å². The van der Waals surface area contributed by atoms with Gasteiger partial charge in [0.1, 0.15) is 5.82 Å². The fourth-order valence-corrected chi connectivity index (χ4v) is 2.03. The summed E-state index contributed by atoms with van der Waals surface area (Å²) in [5.41, 5.74) is 1.88. The lowest BCUT2D eigenvalue weighted by atomic mass is 10.1. The third kappa shape index (κ3) is 3.28. The van der Waals surface area contributed by atoms with Crippen LogP contribution in [0.2, 0.25) is 0 Å². The average molecular weight is 259 g/mol. The van der Waals surface area contributed by atoms with Gasteiger partial charge in [-0.2, -0.15) is 0 Å². The fraction of sp³-hybridized carbons (Fsp3) is 0.333. The van der Waals surface area contributed by atoms with E-state index in [-0.39, 0.29) is 5.82 Å². The minimum absolute atomic E-state index is 0.214. The van der Waals surface area contributed by atoms with Gasteiger partial charge in [-0.05, 0) is 23.6 Å². The molecular formula is C15H18FN3. The summed E-state index contributed by atoms with van der Waals surface area (Å²) < 4.78 is 13.2. The Labute approximate surface area is 113 Å². The van der Waals surface area contributed by atoms with Gasteiger partial charge in [-0.1, -0.05) is 26.0 Å². The van der Waals surface area contributed by atoms with Crippen molar-refractivity contribution in [1.82, 2.24) is 9.97 Å². The highest BCUT2D eigenvalue weighted by Crippen LogP contribution is 2.23. The Morgan fingerprint density at radius 2 is 1.95 bits per heavy atom. The molecular weight excluding hydrogens is 241 g/mol. The van der Waals surface area contributed by atoms with Crippen LogP contribution in [-0.4, -0.2) is 17.0 Å². The Morgan fingerprint density at radius 3 is 2.63 bits per heavy atom. The first kappa shape index (κ1) is 13.5. The second-order valence-electron chi connectivity index (χ2n) is 4.91. The van der Waals surface area contributed by atoms with Crippen LogP contribution in [0.15, 0.2) is 36.7 Å². The van der Waals surface area contributed by atoms with Gasteiger partial charge in [0.05, 0.1) is 5.69 Å². The molecule has 0 saturated carbocycles. The van der Waals surface area contributed by atoms with Gasteiger partial charge >= 0.3 is 0 Å². The standard InChI is InChI=1S/C15H18FN3/c1-11(2)14-15(18-8-7-17-14)19(3)10-12-5-4-6-13(16)9-12/h4-9,11H,10H2,1-3H3. The number of hydrogen-bond acceptors (Lipinski definition) is 3. The Balaban J connectivity index is 2.23. The molecule has 3 nitrogen and oxygen atoms in total. The number of rotatable bonds is 4. The van der Waals surface area contributed by atoms with E-state index in [9.17, 15) is 4.39 Å². The molecule has 0 fully saturated rings. The van der Waals surface area contributed by atoms with Gasteiger partial charge in [-0.15, -0.1) is 0 Å². The SMILES string of the molecule is CC(C)c1nccnc1N(C)Cc1cccc(F)c1. The molecule has 1 aromatic heterocycles. The highest BCUT2D eigenvalue weighted by Gasteiger charge is 2.13. The first-order valence-electron chi connectivity index (χ1n) is 6.34. The Bertz CT molecular complexity index is 555. The smallest absolute Gasteiger partial charge is 0.150 e. The zero-order valence-electron chi connectivity index (χ0n) is 11.5. The summed E-state index contributed by atoms with van der Waals surface area (Å²) in [6.07, 6.45) is 3.39. The molecule has 0 atom stereocenters. The third-order valence-electron chi connectivity index (χ3n) is 2.92. The summed E-state index contributed by atoms with van der Waals surface area (Å²) in [4.78, 5) is 10.8. The summed E-state index contributed by atoms with van der Waals surface area (Å²) >= 11 is 0. The van der Waals surface area contributed by atoms with Crippen LogP contribution in [0.25, 0.3) is 0 Å². The van der Waals surface area contributed by atoms with Crippen molar-refractivity contribution in [1.29, 1.82) is 0 Å². The molecule has 1 heterocycles. The molecule has 4 heteroatoms. The van der Waals surface area contributed by atoms with E-state index in [2.05, 4.69) is 23.8 Å². The van der Waals surface area contributed by atoms with Crippen molar-refractivity contribution < 1.29 is 4.39 Å². The monoisotopic (exact) mass is 259 g/mol. The van der Waals surface area contributed by atoms with Crippen LogP contribution in [0.5, 0.6) is 0 Å². The second kappa shape index (κ2) is 5.78. The van der Waals surface area contributed by atoms with Gasteiger partial charge in [-0.25, -0.2) is 9.37 Å². The molecule has 0 amide bonds. The van der Waals surface area contributed by atoms with Gasteiger partial charge in [0.25, 0.3) is 0 Å². The fourth-order valence-electron chi connectivity index (χ4n) is 2.03. The molecule has 100 valence electrons. The molecule has 0 aliphatic carbocycles. The highest BCUT2D eigenvalue weighted by atomic mass is 19.1. The lowest BCUT2D eigenvalue weighted by molar-refractivity contribution is 0.625. The lowest BCUT2D eigenvalue weighted by Gasteiger charge is -2.21. The summed E-state index contributed by atoms with van der Waals surface area (Å²) in [7, 11) is 1.95. The van der Waals surface area contributed by atoms with Crippen molar-refractivity contribution in [3.63, 3.8) is 0 Å². The predicted molar refractivity (Wildman–Crippen MR) is 74.6 cm³/mol. The molecule has 19 heavy (non-hydrogen) atoms. The van der Waals surface area contributed by atoms with E-state index < -0.39 is 0 Å². The first-order valence-corrected chi connectivity index (χ1v) is 6.34. The largest absolute Gasteiger partial charge is 0.354 e. The third-order valence-corrected chi connectivity index (χ3v) is 2.92. The van der Waals surface area contributed by atoms with E-state index in [0.29, 0.717) is 12.5 Å². The van der Waals surface area contributed by atoms with Gasteiger partial charge in [-0.3, -0.25) is 4.98 Å². The predicted octanol–water partition coefficient (Wildman–Crippen LogP) is 3.38. The molecule has 0 bridgehead atoms. The van der Waals surface area contributed by atoms with E-state index in [4.69, 9.17) is 0 Å². The maximum atomic E-state index is 13.2. The van der Waals surface area contributed by atoms with Crippen molar-refractivity contribution in [2.75, 3.05) is 11.9 Å². The van der Waals surface area contributed by atoms with Gasteiger partial charge in [0.2, 0.25) is 0 Å². The van der Waals surface area contributed by atoms with Crippen molar-refractivity contribution >= 4 is 5.82 Å². The van der Waals surface area contributed by atoms with Gasteiger partial charge < -0.3 is 4.90 Å².